The van der Waals surface area contributed by atoms with Crippen LogP contribution in [0.1, 0.15) is 22.3 Å². The van der Waals surface area contributed by atoms with Crippen molar-refractivity contribution >= 4 is 18.9 Å². The third-order valence-electron chi connectivity index (χ3n) is 2.10. The van der Waals surface area contributed by atoms with Crippen LogP contribution >= 0.6 is 12.6 Å². The zero-order chi connectivity index (χ0) is 12.7. The maximum Gasteiger partial charge on any atom is 0.176 e. The van der Waals surface area contributed by atoms with E-state index in [1.165, 1.54) is 7.11 Å². The van der Waals surface area contributed by atoms with Crippen molar-refractivity contribution in [3.05, 3.63) is 23.3 Å². The van der Waals surface area contributed by atoms with Crippen LogP contribution in [0.25, 0.3) is 0 Å². The van der Waals surface area contributed by atoms with Gasteiger partial charge in [0, 0.05) is 17.7 Å². The van der Waals surface area contributed by atoms with Gasteiger partial charge in [0.05, 0.1) is 19.8 Å². The average molecular weight is 250 g/mol. The lowest BCUT2D eigenvalue weighted by atomic mass is 10.1. The van der Waals surface area contributed by atoms with Gasteiger partial charge in [0.15, 0.2) is 11.5 Å². The van der Waals surface area contributed by atoms with Gasteiger partial charge >= 0.3 is 0 Å². The predicted molar refractivity (Wildman–Crippen MR) is 70.3 cm³/mol. The Kier molecular flexibility index (Phi) is 5.44. The molecule has 0 aliphatic rings. The molecular weight excluding hydrogens is 236 g/mol. The maximum absolute atomic E-state index is 10.8. The van der Waals surface area contributed by atoms with E-state index in [-0.39, 0.29) is 0 Å². The fraction of sp³-hybridized carbons (Fsp3) is 0.308. The molecule has 3 nitrogen and oxygen atoms in total. The first-order valence-corrected chi connectivity index (χ1v) is 5.71. The first kappa shape index (κ1) is 13.5. The number of hydrogen-bond donors (Lipinski definition) is 1. The Morgan fingerprint density at radius 2 is 2.12 bits per heavy atom. The molecule has 4 heteroatoms. The van der Waals surface area contributed by atoms with Crippen molar-refractivity contribution in [1.29, 1.82) is 0 Å². The van der Waals surface area contributed by atoms with E-state index in [2.05, 4.69) is 24.5 Å². The molecular formula is C13H14O3S. The zero-order valence-corrected chi connectivity index (χ0v) is 10.7. The van der Waals surface area contributed by atoms with Crippen molar-refractivity contribution in [3.63, 3.8) is 0 Å². The van der Waals surface area contributed by atoms with Crippen LogP contribution in [-0.2, 0) is 0 Å². The third kappa shape index (κ3) is 3.43. The standard InChI is InChI=1S/C13H14O3S/c1-15-12-8-10(9-14)7-11(13(12)16-2)5-3-4-6-17/h7-9,17H,4,6H2,1-2H3. The van der Waals surface area contributed by atoms with Crippen LogP contribution in [0.3, 0.4) is 0 Å². The fourth-order valence-electron chi connectivity index (χ4n) is 1.36. The van der Waals surface area contributed by atoms with Crippen molar-refractivity contribution in [1.82, 2.24) is 0 Å². The number of ether oxygens (including phenoxy) is 2. The van der Waals surface area contributed by atoms with Gasteiger partial charge < -0.3 is 9.47 Å². The monoisotopic (exact) mass is 250 g/mol. The molecule has 0 aromatic heterocycles. The van der Waals surface area contributed by atoms with E-state index in [9.17, 15) is 4.79 Å². The summed E-state index contributed by atoms with van der Waals surface area (Å²) in [4.78, 5) is 10.8. The van der Waals surface area contributed by atoms with Gasteiger partial charge in [0.1, 0.15) is 6.29 Å². The Bertz CT molecular complexity index is 458. The number of carbonyl (C=O) groups is 1. The molecule has 0 aliphatic carbocycles. The summed E-state index contributed by atoms with van der Waals surface area (Å²) in [5, 5.41) is 0. The summed E-state index contributed by atoms with van der Waals surface area (Å²) in [6.45, 7) is 0. The van der Waals surface area contributed by atoms with Crippen LogP contribution in [0.4, 0.5) is 0 Å². The fourth-order valence-corrected chi connectivity index (χ4v) is 1.47. The molecule has 0 radical (unpaired) electrons. The molecule has 0 heterocycles. The normalized spacial score (nSPS) is 9.12. The van der Waals surface area contributed by atoms with Gasteiger partial charge in [0.2, 0.25) is 0 Å². The van der Waals surface area contributed by atoms with Gasteiger partial charge in [-0.15, -0.1) is 0 Å². The van der Waals surface area contributed by atoms with Crippen LogP contribution in [0.15, 0.2) is 12.1 Å². The molecule has 90 valence electrons. The first-order chi connectivity index (χ1) is 8.26. The Hall–Kier alpha value is -1.60. The maximum atomic E-state index is 10.8. The predicted octanol–water partition coefficient (Wildman–Crippen LogP) is 2.19. The Balaban J connectivity index is 3.25. The lowest BCUT2D eigenvalue weighted by Crippen LogP contribution is -1.96. The van der Waals surface area contributed by atoms with Gasteiger partial charge in [0.25, 0.3) is 0 Å². The van der Waals surface area contributed by atoms with Crippen molar-refractivity contribution in [2.24, 2.45) is 0 Å². The summed E-state index contributed by atoms with van der Waals surface area (Å²) in [7, 11) is 3.07. The molecule has 0 saturated heterocycles. The van der Waals surface area contributed by atoms with Gasteiger partial charge in [-0.3, -0.25) is 4.79 Å². The van der Waals surface area contributed by atoms with Crippen LogP contribution in [0.5, 0.6) is 11.5 Å². The van der Waals surface area contributed by atoms with Gasteiger partial charge in [-0.2, -0.15) is 12.6 Å². The van der Waals surface area contributed by atoms with Crippen molar-refractivity contribution < 1.29 is 14.3 Å². The van der Waals surface area contributed by atoms with E-state index in [0.29, 0.717) is 34.8 Å². The van der Waals surface area contributed by atoms with E-state index in [1.54, 1.807) is 19.2 Å². The second-order valence-electron chi connectivity index (χ2n) is 3.20. The quantitative estimate of drug-likeness (QED) is 0.505. The van der Waals surface area contributed by atoms with Crippen LogP contribution in [0, 0.1) is 11.8 Å². The molecule has 0 saturated carbocycles. The summed E-state index contributed by atoms with van der Waals surface area (Å²) < 4.78 is 10.4. The largest absolute Gasteiger partial charge is 0.493 e. The number of rotatable bonds is 4. The molecule has 17 heavy (non-hydrogen) atoms. The Morgan fingerprint density at radius 1 is 1.35 bits per heavy atom. The molecule has 0 spiro atoms. The second-order valence-corrected chi connectivity index (χ2v) is 3.64. The molecule has 0 atom stereocenters. The number of methoxy groups -OCH3 is 2. The molecule has 1 aromatic carbocycles. The second kappa shape index (κ2) is 6.87. The van der Waals surface area contributed by atoms with Crippen molar-refractivity contribution in [3.8, 4) is 23.3 Å². The van der Waals surface area contributed by atoms with E-state index in [4.69, 9.17) is 9.47 Å². The minimum Gasteiger partial charge on any atom is -0.493 e. The highest BCUT2D eigenvalue weighted by Gasteiger charge is 2.10. The lowest BCUT2D eigenvalue weighted by molar-refractivity contribution is 0.112. The SMILES string of the molecule is COc1cc(C=O)cc(C#CCCS)c1OC. The van der Waals surface area contributed by atoms with Gasteiger partial charge in [-0.05, 0) is 12.1 Å². The van der Waals surface area contributed by atoms with Crippen LogP contribution < -0.4 is 9.47 Å². The van der Waals surface area contributed by atoms with Gasteiger partial charge in [-0.1, -0.05) is 11.8 Å². The van der Waals surface area contributed by atoms with Crippen molar-refractivity contribution in [2.75, 3.05) is 20.0 Å². The minimum absolute atomic E-state index is 0.507. The summed E-state index contributed by atoms with van der Waals surface area (Å²) in [6.07, 6.45) is 1.44. The van der Waals surface area contributed by atoms with Crippen LogP contribution in [-0.4, -0.2) is 26.3 Å². The summed E-state index contributed by atoms with van der Waals surface area (Å²) >= 11 is 4.08. The highest BCUT2D eigenvalue weighted by atomic mass is 32.1. The molecule has 0 amide bonds. The number of carbonyl (C=O) groups excluding carboxylic acids is 1. The Labute approximate surface area is 107 Å². The smallest absolute Gasteiger partial charge is 0.176 e. The molecule has 1 aromatic rings. The molecule has 0 fully saturated rings. The minimum atomic E-state index is 0.507. The average Bonchev–Trinajstić information content (AvgIpc) is 2.37. The molecule has 0 unspecified atom stereocenters. The third-order valence-corrected chi connectivity index (χ3v) is 2.32. The summed E-state index contributed by atoms with van der Waals surface area (Å²) in [5.74, 6) is 7.65. The van der Waals surface area contributed by atoms with Gasteiger partial charge in [-0.25, -0.2) is 0 Å². The lowest BCUT2D eigenvalue weighted by Gasteiger charge is -2.10. The number of thiol groups is 1. The Morgan fingerprint density at radius 3 is 2.65 bits per heavy atom. The van der Waals surface area contributed by atoms with Crippen LogP contribution in [0.2, 0.25) is 0 Å². The van der Waals surface area contributed by atoms with Crippen molar-refractivity contribution in [2.45, 2.75) is 6.42 Å². The van der Waals surface area contributed by atoms with E-state index in [0.717, 1.165) is 6.29 Å². The van der Waals surface area contributed by atoms with E-state index in [1.807, 2.05) is 0 Å². The molecule has 0 bridgehead atoms. The topological polar surface area (TPSA) is 35.5 Å². The first-order valence-electron chi connectivity index (χ1n) is 5.07. The number of benzene rings is 1. The number of hydrogen-bond acceptors (Lipinski definition) is 4. The van der Waals surface area contributed by atoms with E-state index >= 15 is 0 Å². The molecule has 0 aliphatic heterocycles. The van der Waals surface area contributed by atoms with E-state index < -0.39 is 0 Å². The number of aldehydes is 1. The molecule has 1 rings (SSSR count). The molecule has 0 N–H and O–H groups in total. The highest BCUT2D eigenvalue weighted by Crippen LogP contribution is 2.31. The summed E-state index contributed by atoms with van der Waals surface area (Å²) in [6, 6.07) is 3.30. The zero-order valence-electron chi connectivity index (χ0n) is 9.82. The summed E-state index contributed by atoms with van der Waals surface area (Å²) in [5.41, 5.74) is 1.16. The highest BCUT2D eigenvalue weighted by molar-refractivity contribution is 7.80.